The van der Waals surface area contributed by atoms with Gasteiger partial charge in [-0.05, 0) is 49.5 Å². The van der Waals surface area contributed by atoms with E-state index in [0.29, 0.717) is 23.6 Å². The van der Waals surface area contributed by atoms with Crippen LogP contribution in [0.25, 0.3) is 0 Å². The number of nitriles is 2. The van der Waals surface area contributed by atoms with Gasteiger partial charge in [0, 0.05) is 12.6 Å². The second kappa shape index (κ2) is 9.03. The first-order valence-corrected chi connectivity index (χ1v) is 8.12. The molecular formula is C20H26N4. The van der Waals surface area contributed by atoms with Gasteiger partial charge in [0.2, 0.25) is 0 Å². The molecule has 2 N–H and O–H groups in total. The van der Waals surface area contributed by atoms with Crippen LogP contribution in [0.3, 0.4) is 0 Å². The average Bonchev–Trinajstić information content (AvgIpc) is 2.54. The van der Waals surface area contributed by atoms with Gasteiger partial charge in [-0.15, -0.1) is 0 Å². The molecule has 4 nitrogen and oxygen atoms in total. The van der Waals surface area contributed by atoms with Gasteiger partial charge in [0.05, 0.1) is 11.1 Å². The van der Waals surface area contributed by atoms with Crippen LogP contribution < -0.4 is 5.84 Å². The molecule has 0 amide bonds. The lowest BCUT2D eigenvalue weighted by Gasteiger charge is -2.26. The summed E-state index contributed by atoms with van der Waals surface area (Å²) < 4.78 is 0. The molecular weight excluding hydrogens is 296 g/mol. The fraction of sp³-hybridized carbons (Fsp3) is 0.400. The third-order valence-electron chi connectivity index (χ3n) is 4.14. The first kappa shape index (κ1) is 19.6. The maximum Gasteiger partial charge on any atom is 0.101 e. The second-order valence-corrected chi connectivity index (χ2v) is 6.33. The molecule has 4 heteroatoms. The van der Waals surface area contributed by atoms with Crippen LogP contribution >= 0.6 is 0 Å². The van der Waals surface area contributed by atoms with Crippen LogP contribution in [0.15, 0.2) is 42.0 Å². The first-order chi connectivity index (χ1) is 11.3. The number of hydrogen-bond donors (Lipinski definition) is 1. The van der Waals surface area contributed by atoms with Gasteiger partial charge in [0.1, 0.15) is 12.1 Å². The van der Waals surface area contributed by atoms with Crippen molar-refractivity contribution in [1.29, 1.82) is 10.5 Å². The van der Waals surface area contributed by atoms with Crippen LogP contribution in [0, 0.1) is 28.6 Å². The van der Waals surface area contributed by atoms with Gasteiger partial charge in [-0.25, -0.2) is 5.01 Å². The van der Waals surface area contributed by atoms with E-state index in [1.54, 1.807) is 17.1 Å². The molecule has 0 aliphatic heterocycles. The molecule has 0 saturated heterocycles. The van der Waals surface area contributed by atoms with E-state index in [9.17, 15) is 0 Å². The molecule has 1 atom stereocenters. The van der Waals surface area contributed by atoms with Crippen molar-refractivity contribution >= 4 is 0 Å². The first-order valence-electron chi connectivity index (χ1n) is 8.12. The van der Waals surface area contributed by atoms with Crippen molar-refractivity contribution in [3.05, 3.63) is 58.7 Å². The fourth-order valence-electron chi connectivity index (χ4n) is 2.78. The standard InChI is InChI=1S/C20H26N4/c1-6-20(14(2)3)15(4)9-16(5)24(23)13-17-7-8-18(11-21)19(10-17)12-22/h6-8,10,14,16H,4,9,13,23H2,1-3,5H3/b20-6+. The van der Waals surface area contributed by atoms with Gasteiger partial charge in [0.25, 0.3) is 0 Å². The van der Waals surface area contributed by atoms with Crippen LogP contribution in [-0.2, 0) is 6.54 Å². The second-order valence-electron chi connectivity index (χ2n) is 6.33. The Labute approximate surface area is 145 Å². The number of benzene rings is 1. The lowest BCUT2D eigenvalue weighted by Crippen LogP contribution is -2.39. The Morgan fingerprint density at radius 3 is 2.38 bits per heavy atom. The van der Waals surface area contributed by atoms with E-state index in [1.165, 1.54) is 5.57 Å². The summed E-state index contributed by atoms with van der Waals surface area (Å²) in [6, 6.07) is 9.43. The summed E-state index contributed by atoms with van der Waals surface area (Å²) >= 11 is 0. The summed E-state index contributed by atoms with van der Waals surface area (Å²) in [5.74, 6) is 6.64. The van der Waals surface area contributed by atoms with Gasteiger partial charge < -0.3 is 0 Å². The maximum absolute atomic E-state index is 9.11. The molecule has 0 bridgehead atoms. The van der Waals surface area contributed by atoms with Gasteiger partial charge in [-0.3, -0.25) is 5.84 Å². The van der Waals surface area contributed by atoms with E-state index in [4.69, 9.17) is 16.4 Å². The average molecular weight is 322 g/mol. The summed E-state index contributed by atoms with van der Waals surface area (Å²) in [7, 11) is 0. The number of nitrogens with two attached hydrogens (primary N) is 1. The van der Waals surface area contributed by atoms with Crippen LogP contribution in [0.1, 0.15) is 50.8 Å². The van der Waals surface area contributed by atoms with Gasteiger partial charge >= 0.3 is 0 Å². The molecule has 1 aromatic carbocycles. The molecule has 1 rings (SSSR count). The molecule has 1 aromatic rings. The molecule has 0 radical (unpaired) electrons. The molecule has 0 aliphatic carbocycles. The highest BCUT2D eigenvalue weighted by Gasteiger charge is 2.15. The highest BCUT2D eigenvalue weighted by molar-refractivity contribution is 5.47. The SMILES string of the molecule is C=C(CC(C)N(N)Cc1ccc(C#N)c(C#N)c1)/C(=C/C)C(C)C. The zero-order chi connectivity index (χ0) is 18.3. The fourth-order valence-corrected chi connectivity index (χ4v) is 2.78. The molecule has 24 heavy (non-hydrogen) atoms. The van der Waals surface area contributed by atoms with E-state index in [1.807, 2.05) is 19.1 Å². The number of nitrogens with zero attached hydrogens (tertiary/aromatic N) is 3. The van der Waals surface area contributed by atoms with Crippen molar-refractivity contribution in [3.8, 4) is 12.1 Å². The van der Waals surface area contributed by atoms with Crippen molar-refractivity contribution in [2.75, 3.05) is 0 Å². The molecule has 0 heterocycles. The third-order valence-corrected chi connectivity index (χ3v) is 4.14. The Balaban J connectivity index is 2.78. The van der Waals surface area contributed by atoms with Gasteiger partial charge in [-0.2, -0.15) is 10.5 Å². The Bertz CT molecular complexity index is 701. The van der Waals surface area contributed by atoms with Crippen molar-refractivity contribution in [1.82, 2.24) is 5.01 Å². The van der Waals surface area contributed by atoms with E-state index in [0.717, 1.165) is 17.6 Å². The van der Waals surface area contributed by atoms with Crippen LogP contribution in [-0.4, -0.2) is 11.1 Å². The molecule has 0 aliphatic rings. The Morgan fingerprint density at radius 1 is 1.25 bits per heavy atom. The number of hydrazine groups is 1. The van der Waals surface area contributed by atoms with Crippen LogP contribution in [0.4, 0.5) is 0 Å². The molecule has 126 valence electrons. The third kappa shape index (κ3) is 5.06. The van der Waals surface area contributed by atoms with Gasteiger partial charge in [-0.1, -0.05) is 38.1 Å². The van der Waals surface area contributed by atoms with E-state index in [2.05, 4.69) is 39.5 Å². The molecule has 1 unspecified atom stereocenters. The van der Waals surface area contributed by atoms with Gasteiger partial charge in [0.15, 0.2) is 0 Å². The van der Waals surface area contributed by atoms with Crippen molar-refractivity contribution in [2.24, 2.45) is 11.8 Å². The number of rotatable bonds is 7. The Kier molecular flexibility index (Phi) is 7.39. The monoisotopic (exact) mass is 322 g/mol. The zero-order valence-corrected chi connectivity index (χ0v) is 15.0. The minimum Gasteiger partial charge on any atom is -0.268 e. The minimum atomic E-state index is 0.118. The van der Waals surface area contributed by atoms with Crippen molar-refractivity contribution in [3.63, 3.8) is 0 Å². The highest BCUT2D eigenvalue weighted by atomic mass is 15.4. The summed E-state index contributed by atoms with van der Waals surface area (Å²) in [5.41, 5.74) is 4.06. The van der Waals surface area contributed by atoms with E-state index in [-0.39, 0.29) is 6.04 Å². The van der Waals surface area contributed by atoms with E-state index >= 15 is 0 Å². The Hall–Kier alpha value is -2.40. The van der Waals surface area contributed by atoms with Crippen molar-refractivity contribution < 1.29 is 0 Å². The van der Waals surface area contributed by atoms with Crippen LogP contribution in [0.5, 0.6) is 0 Å². The summed E-state index contributed by atoms with van der Waals surface area (Å²) in [6.45, 7) is 13.1. The number of allylic oxidation sites excluding steroid dienone is 2. The minimum absolute atomic E-state index is 0.118. The quantitative estimate of drug-likeness (QED) is 0.467. The molecule has 0 fully saturated rings. The predicted octanol–water partition coefficient (Wildman–Crippen LogP) is 4.04. The Morgan fingerprint density at radius 2 is 1.88 bits per heavy atom. The highest BCUT2D eigenvalue weighted by Crippen LogP contribution is 2.23. The molecule has 0 spiro atoms. The lowest BCUT2D eigenvalue weighted by molar-refractivity contribution is 0.203. The van der Waals surface area contributed by atoms with Crippen LogP contribution in [0.2, 0.25) is 0 Å². The van der Waals surface area contributed by atoms with Crippen molar-refractivity contribution in [2.45, 2.75) is 46.7 Å². The smallest absolute Gasteiger partial charge is 0.101 e. The summed E-state index contributed by atoms with van der Waals surface area (Å²) in [4.78, 5) is 0. The maximum atomic E-state index is 9.11. The predicted molar refractivity (Wildman–Crippen MR) is 97.4 cm³/mol. The summed E-state index contributed by atoms with van der Waals surface area (Å²) in [5, 5.41) is 19.8. The number of hydrogen-bond acceptors (Lipinski definition) is 4. The van der Waals surface area contributed by atoms with E-state index < -0.39 is 0 Å². The topological polar surface area (TPSA) is 76.8 Å². The largest absolute Gasteiger partial charge is 0.268 e. The normalized spacial score (nSPS) is 12.8. The molecule has 0 aromatic heterocycles. The molecule has 0 saturated carbocycles. The summed E-state index contributed by atoms with van der Waals surface area (Å²) in [6.07, 6.45) is 2.90. The zero-order valence-electron chi connectivity index (χ0n) is 15.0. The lowest BCUT2D eigenvalue weighted by atomic mass is 9.92.